The molecule has 2 amide bonds. The first-order valence-electron chi connectivity index (χ1n) is 5.52. The van der Waals surface area contributed by atoms with E-state index in [9.17, 15) is 9.59 Å². The van der Waals surface area contributed by atoms with Crippen LogP contribution in [0.4, 0.5) is 0 Å². The van der Waals surface area contributed by atoms with Gasteiger partial charge in [-0.3, -0.25) is 9.59 Å². The molecule has 0 saturated carbocycles. The van der Waals surface area contributed by atoms with Crippen molar-refractivity contribution in [3.63, 3.8) is 0 Å². The molecule has 0 aromatic carbocycles. The van der Waals surface area contributed by atoms with E-state index in [1.807, 2.05) is 20.8 Å². The number of nitrogens with zero attached hydrogens (tertiary/aromatic N) is 1. The fourth-order valence-electron chi connectivity index (χ4n) is 1.21. The maximum Gasteiger partial charge on any atom is 0.236 e. The van der Waals surface area contributed by atoms with Gasteiger partial charge in [-0.2, -0.15) is 0 Å². The third-order valence-corrected chi connectivity index (χ3v) is 2.59. The molecule has 0 unspecified atom stereocenters. The van der Waals surface area contributed by atoms with Crippen molar-refractivity contribution in [3.05, 3.63) is 0 Å². The van der Waals surface area contributed by atoms with Crippen molar-refractivity contribution < 1.29 is 9.59 Å². The lowest BCUT2D eigenvalue weighted by Crippen LogP contribution is -2.44. The molecule has 0 bridgehead atoms. The second-order valence-corrected chi connectivity index (χ2v) is 4.47. The van der Waals surface area contributed by atoms with Crippen LogP contribution in [-0.4, -0.2) is 50.4 Å². The van der Waals surface area contributed by atoms with Gasteiger partial charge in [0.25, 0.3) is 0 Å². The summed E-state index contributed by atoms with van der Waals surface area (Å²) in [7, 11) is 3.37. The Bertz CT molecular complexity index is 252. The molecule has 0 fully saturated rings. The first-order valence-corrected chi connectivity index (χ1v) is 5.52. The Morgan fingerprint density at radius 1 is 1.31 bits per heavy atom. The number of nitrogens with one attached hydrogen (secondary N) is 2. The maximum absolute atomic E-state index is 11.5. The summed E-state index contributed by atoms with van der Waals surface area (Å²) in [5.41, 5.74) is -0.500. The molecule has 0 aliphatic carbocycles. The normalized spacial score (nSPS) is 11.1. The van der Waals surface area contributed by atoms with Gasteiger partial charge in [0, 0.05) is 27.2 Å². The van der Waals surface area contributed by atoms with Crippen LogP contribution in [0.15, 0.2) is 0 Å². The summed E-state index contributed by atoms with van der Waals surface area (Å²) in [6.07, 6.45) is 0. The highest BCUT2D eigenvalue weighted by Gasteiger charge is 2.26. The van der Waals surface area contributed by atoms with Crippen molar-refractivity contribution in [1.82, 2.24) is 15.5 Å². The summed E-state index contributed by atoms with van der Waals surface area (Å²) in [6.45, 7) is 7.05. The summed E-state index contributed by atoms with van der Waals surface area (Å²) in [5.74, 6) is 0.00602. The predicted octanol–water partition coefficient (Wildman–Crippen LogP) is -0.173. The summed E-state index contributed by atoms with van der Waals surface area (Å²) in [6, 6.07) is 0. The van der Waals surface area contributed by atoms with Crippen LogP contribution in [-0.2, 0) is 9.59 Å². The third kappa shape index (κ3) is 4.61. The highest BCUT2D eigenvalue weighted by molar-refractivity contribution is 5.82. The molecule has 0 spiro atoms. The van der Waals surface area contributed by atoms with Crippen LogP contribution in [0.2, 0.25) is 0 Å². The van der Waals surface area contributed by atoms with E-state index in [1.54, 1.807) is 19.0 Å². The van der Waals surface area contributed by atoms with Crippen LogP contribution in [0.3, 0.4) is 0 Å². The van der Waals surface area contributed by atoms with Gasteiger partial charge in [-0.15, -0.1) is 0 Å². The fraction of sp³-hybridized carbons (Fsp3) is 0.818. The van der Waals surface area contributed by atoms with Crippen molar-refractivity contribution in [2.45, 2.75) is 20.8 Å². The fourth-order valence-corrected chi connectivity index (χ4v) is 1.21. The molecule has 94 valence electrons. The number of amides is 2. The van der Waals surface area contributed by atoms with Crippen LogP contribution in [0.1, 0.15) is 20.8 Å². The highest BCUT2D eigenvalue weighted by atomic mass is 16.2. The number of likely N-dealkylation sites (N-methyl/N-ethyl adjacent to an activating group) is 1. The first kappa shape index (κ1) is 14.9. The highest BCUT2D eigenvalue weighted by Crippen LogP contribution is 2.12. The van der Waals surface area contributed by atoms with Gasteiger partial charge in [0.2, 0.25) is 11.8 Å². The van der Waals surface area contributed by atoms with Crippen LogP contribution in [0.5, 0.6) is 0 Å². The van der Waals surface area contributed by atoms with Crippen molar-refractivity contribution in [2.24, 2.45) is 5.41 Å². The molecular formula is C11H23N3O2. The van der Waals surface area contributed by atoms with Gasteiger partial charge < -0.3 is 15.5 Å². The molecule has 0 atom stereocenters. The molecule has 0 aliphatic rings. The molecule has 0 radical (unpaired) electrons. The van der Waals surface area contributed by atoms with E-state index in [0.717, 1.165) is 0 Å². The van der Waals surface area contributed by atoms with Crippen molar-refractivity contribution in [2.75, 3.05) is 33.7 Å². The second kappa shape index (κ2) is 6.48. The molecule has 0 heterocycles. The molecule has 16 heavy (non-hydrogen) atoms. The van der Waals surface area contributed by atoms with Crippen LogP contribution < -0.4 is 10.6 Å². The number of hydrogen-bond donors (Lipinski definition) is 2. The smallest absolute Gasteiger partial charge is 0.236 e. The minimum atomic E-state index is -0.500. The molecule has 0 aliphatic heterocycles. The number of carbonyl (C=O) groups is 2. The number of hydrogen-bond acceptors (Lipinski definition) is 3. The SMILES string of the molecule is CCN(C)C(=O)CNCC(C)(C)C(=O)NC. The molecule has 0 aromatic heterocycles. The quantitative estimate of drug-likeness (QED) is 0.664. The van der Waals surface area contributed by atoms with Crippen molar-refractivity contribution >= 4 is 11.8 Å². The van der Waals surface area contributed by atoms with Gasteiger partial charge in [-0.25, -0.2) is 0 Å². The monoisotopic (exact) mass is 229 g/mol. The standard InChI is InChI=1S/C11H23N3O2/c1-6-14(5)9(15)7-13-8-11(2,3)10(16)12-4/h13H,6-8H2,1-5H3,(H,12,16). The first-order chi connectivity index (χ1) is 7.35. The van der Waals surface area contributed by atoms with E-state index in [-0.39, 0.29) is 18.4 Å². The van der Waals surface area contributed by atoms with Gasteiger partial charge in [0.15, 0.2) is 0 Å². The van der Waals surface area contributed by atoms with E-state index in [4.69, 9.17) is 0 Å². The Labute approximate surface area is 97.6 Å². The van der Waals surface area contributed by atoms with E-state index < -0.39 is 5.41 Å². The Hall–Kier alpha value is -1.10. The van der Waals surface area contributed by atoms with E-state index in [1.165, 1.54) is 0 Å². The number of carbonyl (C=O) groups excluding carboxylic acids is 2. The molecule has 0 aromatic rings. The molecule has 0 rings (SSSR count). The van der Waals surface area contributed by atoms with Crippen molar-refractivity contribution in [3.8, 4) is 0 Å². The number of rotatable bonds is 6. The Kier molecular flexibility index (Phi) is 6.03. The van der Waals surface area contributed by atoms with Gasteiger partial charge in [-0.05, 0) is 20.8 Å². The average Bonchev–Trinajstić information content (AvgIpc) is 2.26. The maximum atomic E-state index is 11.5. The largest absolute Gasteiger partial charge is 0.359 e. The molecule has 2 N–H and O–H groups in total. The minimum Gasteiger partial charge on any atom is -0.359 e. The zero-order valence-electron chi connectivity index (χ0n) is 10.9. The third-order valence-electron chi connectivity index (χ3n) is 2.59. The summed E-state index contributed by atoms with van der Waals surface area (Å²) < 4.78 is 0. The van der Waals surface area contributed by atoms with Crippen molar-refractivity contribution in [1.29, 1.82) is 0 Å². The Morgan fingerprint density at radius 3 is 2.31 bits per heavy atom. The summed E-state index contributed by atoms with van der Waals surface area (Å²) in [5, 5.41) is 5.61. The topological polar surface area (TPSA) is 61.4 Å². The van der Waals surface area contributed by atoms with Gasteiger partial charge in [0.05, 0.1) is 12.0 Å². The Balaban J connectivity index is 3.98. The zero-order valence-corrected chi connectivity index (χ0v) is 10.9. The molecular weight excluding hydrogens is 206 g/mol. The lowest BCUT2D eigenvalue weighted by molar-refractivity contribution is -0.131. The summed E-state index contributed by atoms with van der Waals surface area (Å²) >= 11 is 0. The lowest BCUT2D eigenvalue weighted by atomic mass is 9.92. The predicted molar refractivity (Wildman–Crippen MR) is 64.0 cm³/mol. The zero-order chi connectivity index (χ0) is 12.8. The van der Waals surface area contributed by atoms with Gasteiger partial charge in [0.1, 0.15) is 0 Å². The van der Waals surface area contributed by atoms with Crippen LogP contribution in [0.25, 0.3) is 0 Å². The molecule has 0 saturated heterocycles. The van der Waals surface area contributed by atoms with E-state index >= 15 is 0 Å². The second-order valence-electron chi connectivity index (χ2n) is 4.47. The van der Waals surface area contributed by atoms with Gasteiger partial charge >= 0.3 is 0 Å². The van der Waals surface area contributed by atoms with Crippen LogP contribution in [0, 0.1) is 5.41 Å². The average molecular weight is 229 g/mol. The summed E-state index contributed by atoms with van der Waals surface area (Å²) in [4.78, 5) is 24.6. The molecule has 5 nitrogen and oxygen atoms in total. The Morgan fingerprint density at radius 2 is 1.88 bits per heavy atom. The molecule has 5 heteroatoms. The van der Waals surface area contributed by atoms with E-state index in [0.29, 0.717) is 13.1 Å². The van der Waals surface area contributed by atoms with E-state index in [2.05, 4.69) is 10.6 Å². The van der Waals surface area contributed by atoms with Gasteiger partial charge in [-0.1, -0.05) is 0 Å². The lowest BCUT2D eigenvalue weighted by Gasteiger charge is -2.23. The minimum absolute atomic E-state index is 0.0312. The van der Waals surface area contributed by atoms with Crippen LogP contribution >= 0.6 is 0 Å².